The lowest BCUT2D eigenvalue weighted by atomic mass is 9.87. The van der Waals surface area contributed by atoms with Crippen molar-refractivity contribution in [2.45, 2.75) is 51.5 Å². The molecule has 21 heavy (non-hydrogen) atoms. The van der Waals surface area contributed by atoms with Crippen molar-refractivity contribution in [3.63, 3.8) is 0 Å². The molecule has 1 aliphatic rings. The number of aryl methyl sites for hydroxylation is 1. The van der Waals surface area contributed by atoms with Crippen molar-refractivity contribution in [1.29, 1.82) is 0 Å². The zero-order valence-electron chi connectivity index (χ0n) is 12.9. The molecule has 1 aromatic rings. The number of ether oxygens (including phenoxy) is 1. The smallest absolute Gasteiger partial charge is 0.246 e. The maximum atomic E-state index is 12.0. The summed E-state index contributed by atoms with van der Waals surface area (Å²) in [6, 6.07) is 6.07. The van der Waals surface area contributed by atoms with E-state index in [4.69, 9.17) is 10.5 Å². The number of fused-ring (bicyclic) bond motifs is 1. The average molecular weight is 290 g/mol. The van der Waals surface area contributed by atoms with Gasteiger partial charge < -0.3 is 15.8 Å². The summed E-state index contributed by atoms with van der Waals surface area (Å²) < 4.78 is 5.41. The Morgan fingerprint density at radius 3 is 3.10 bits per heavy atom. The molecular formula is C17H26N2O2. The van der Waals surface area contributed by atoms with Crippen molar-refractivity contribution in [3.05, 3.63) is 29.3 Å². The Bertz CT molecular complexity index is 474. The molecule has 2 rings (SSSR count). The molecule has 0 saturated carbocycles. The van der Waals surface area contributed by atoms with Crippen molar-refractivity contribution in [2.24, 2.45) is 0 Å². The zero-order valence-corrected chi connectivity index (χ0v) is 12.9. The number of carbonyl (C=O) groups excluding carboxylic acids is 1. The van der Waals surface area contributed by atoms with Crippen molar-refractivity contribution in [3.8, 4) is 0 Å². The molecule has 116 valence electrons. The van der Waals surface area contributed by atoms with E-state index < -0.39 is 0 Å². The van der Waals surface area contributed by atoms with Crippen LogP contribution in [0.1, 0.15) is 56.2 Å². The second-order valence-electron chi connectivity index (χ2n) is 5.73. The SMILES string of the molecule is CCCCCOCC(=O)NC1CCCc2cc(N)ccc21. The summed E-state index contributed by atoms with van der Waals surface area (Å²) in [5.41, 5.74) is 9.08. The largest absolute Gasteiger partial charge is 0.399 e. The van der Waals surface area contributed by atoms with Crippen molar-refractivity contribution in [2.75, 3.05) is 18.9 Å². The summed E-state index contributed by atoms with van der Waals surface area (Å²) in [5.74, 6) is -0.0267. The highest BCUT2D eigenvalue weighted by Gasteiger charge is 2.21. The molecule has 1 amide bonds. The normalized spacial score (nSPS) is 17.3. The third-order valence-corrected chi connectivity index (χ3v) is 3.94. The molecule has 0 saturated heterocycles. The highest BCUT2D eigenvalue weighted by molar-refractivity contribution is 5.77. The number of anilines is 1. The first-order valence-electron chi connectivity index (χ1n) is 7.96. The van der Waals surface area contributed by atoms with Crippen LogP contribution in [0, 0.1) is 0 Å². The van der Waals surface area contributed by atoms with Crippen LogP contribution < -0.4 is 11.1 Å². The van der Waals surface area contributed by atoms with E-state index in [9.17, 15) is 4.79 Å². The number of benzene rings is 1. The van der Waals surface area contributed by atoms with Crippen LogP contribution >= 0.6 is 0 Å². The van der Waals surface area contributed by atoms with Crippen LogP contribution in [-0.2, 0) is 16.0 Å². The molecule has 0 bridgehead atoms. The predicted molar refractivity (Wildman–Crippen MR) is 85.0 cm³/mol. The number of carbonyl (C=O) groups is 1. The van der Waals surface area contributed by atoms with Crippen LogP contribution in [0.15, 0.2) is 18.2 Å². The second kappa shape index (κ2) is 8.03. The summed E-state index contributed by atoms with van der Waals surface area (Å²) in [4.78, 5) is 12.0. The average Bonchev–Trinajstić information content (AvgIpc) is 2.47. The number of nitrogen functional groups attached to an aromatic ring is 1. The van der Waals surface area contributed by atoms with Crippen LogP contribution in [0.4, 0.5) is 5.69 Å². The van der Waals surface area contributed by atoms with Crippen LogP contribution in [-0.4, -0.2) is 19.1 Å². The van der Waals surface area contributed by atoms with Crippen molar-refractivity contribution in [1.82, 2.24) is 5.32 Å². The minimum Gasteiger partial charge on any atom is -0.399 e. The molecule has 0 heterocycles. The van der Waals surface area contributed by atoms with Crippen LogP contribution in [0.2, 0.25) is 0 Å². The highest BCUT2D eigenvalue weighted by Crippen LogP contribution is 2.30. The number of rotatable bonds is 7. The minimum absolute atomic E-state index is 0.0267. The van der Waals surface area contributed by atoms with Gasteiger partial charge in [-0.2, -0.15) is 0 Å². The molecule has 0 aromatic heterocycles. The molecule has 3 N–H and O–H groups in total. The van der Waals surface area contributed by atoms with E-state index in [0.29, 0.717) is 6.61 Å². The quantitative estimate of drug-likeness (QED) is 0.599. The predicted octanol–water partition coefficient (Wildman–Crippen LogP) is 2.97. The van der Waals surface area contributed by atoms with Gasteiger partial charge in [0, 0.05) is 12.3 Å². The topological polar surface area (TPSA) is 64.3 Å². The summed E-state index contributed by atoms with van der Waals surface area (Å²) >= 11 is 0. The lowest BCUT2D eigenvalue weighted by Crippen LogP contribution is -2.33. The van der Waals surface area contributed by atoms with Gasteiger partial charge in [-0.1, -0.05) is 25.8 Å². The maximum Gasteiger partial charge on any atom is 0.246 e. The van der Waals surface area contributed by atoms with Gasteiger partial charge in [0.1, 0.15) is 6.61 Å². The van der Waals surface area contributed by atoms with Gasteiger partial charge in [0.25, 0.3) is 0 Å². The summed E-state index contributed by atoms with van der Waals surface area (Å²) in [5, 5.41) is 3.08. The monoisotopic (exact) mass is 290 g/mol. The van der Waals surface area contributed by atoms with Crippen LogP contribution in [0.25, 0.3) is 0 Å². The molecule has 0 spiro atoms. The zero-order chi connectivity index (χ0) is 15.1. The van der Waals surface area contributed by atoms with Gasteiger partial charge in [-0.3, -0.25) is 4.79 Å². The minimum atomic E-state index is -0.0267. The Hall–Kier alpha value is -1.55. The van der Waals surface area contributed by atoms with Crippen molar-refractivity contribution < 1.29 is 9.53 Å². The maximum absolute atomic E-state index is 12.0. The molecule has 1 aliphatic carbocycles. The van der Waals surface area contributed by atoms with Gasteiger partial charge in [-0.15, -0.1) is 0 Å². The lowest BCUT2D eigenvalue weighted by Gasteiger charge is -2.26. The first-order valence-corrected chi connectivity index (χ1v) is 7.96. The summed E-state index contributed by atoms with van der Waals surface area (Å²) in [6.45, 7) is 2.98. The van der Waals surface area contributed by atoms with Crippen LogP contribution in [0.3, 0.4) is 0 Å². The molecule has 4 nitrogen and oxygen atoms in total. The first kappa shape index (κ1) is 15.8. The fourth-order valence-corrected chi connectivity index (χ4v) is 2.84. The Morgan fingerprint density at radius 2 is 2.29 bits per heavy atom. The van der Waals surface area contributed by atoms with Crippen molar-refractivity contribution >= 4 is 11.6 Å². The molecule has 0 fully saturated rings. The molecule has 1 atom stereocenters. The number of amides is 1. The van der Waals surface area contributed by atoms with E-state index in [0.717, 1.165) is 44.2 Å². The molecule has 0 radical (unpaired) electrons. The first-order chi connectivity index (χ1) is 10.2. The third-order valence-electron chi connectivity index (χ3n) is 3.94. The van der Waals surface area contributed by atoms with Gasteiger partial charge in [0.15, 0.2) is 0 Å². The highest BCUT2D eigenvalue weighted by atomic mass is 16.5. The number of nitrogens with one attached hydrogen (secondary N) is 1. The summed E-state index contributed by atoms with van der Waals surface area (Å²) in [7, 11) is 0. The van der Waals surface area contributed by atoms with E-state index in [2.05, 4.69) is 12.2 Å². The van der Waals surface area contributed by atoms with Gasteiger partial charge >= 0.3 is 0 Å². The summed E-state index contributed by atoms with van der Waals surface area (Å²) in [6.07, 6.45) is 6.45. The van der Waals surface area contributed by atoms with E-state index >= 15 is 0 Å². The van der Waals surface area contributed by atoms with E-state index in [1.807, 2.05) is 18.2 Å². The molecule has 0 aliphatic heterocycles. The number of nitrogens with two attached hydrogens (primary N) is 1. The van der Waals surface area contributed by atoms with Gasteiger partial charge in [0.05, 0.1) is 6.04 Å². The fraction of sp³-hybridized carbons (Fsp3) is 0.588. The Morgan fingerprint density at radius 1 is 1.43 bits per heavy atom. The van der Waals surface area contributed by atoms with Gasteiger partial charge in [0.2, 0.25) is 5.91 Å². The second-order valence-corrected chi connectivity index (χ2v) is 5.73. The number of unbranched alkanes of at least 4 members (excludes halogenated alkanes) is 2. The fourth-order valence-electron chi connectivity index (χ4n) is 2.84. The van der Waals surface area contributed by atoms with E-state index in [1.165, 1.54) is 11.1 Å². The van der Waals surface area contributed by atoms with Gasteiger partial charge in [-0.05, 0) is 48.9 Å². The Kier molecular flexibility index (Phi) is 6.05. The van der Waals surface area contributed by atoms with E-state index in [-0.39, 0.29) is 18.6 Å². The number of hydrogen-bond acceptors (Lipinski definition) is 3. The molecule has 1 unspecified atom stereocenters. The Labute approximate surface area is 127 Å². The lowest BCUT2D eigenvalue weighted by molar-refractivity contribution is -0.126. The number of hydrogen-bond donors (Lipinski definition) is 2. The van der Waals surface area contributed by atoms with Crippen LogP contribution in [0.5, 0.6) is 0 Å². The molecule has 1 aromatic carbocycles. The Balaban J connectivity index is 1.82. The molecule has 4 heteroatoms. The van der Waals surface area contributed by atoms with Gasteiger partial charge in [-0.25, -0.2) is 0 Å². The van der Waals surface area contributed by atoms with E-state index in [1.54, 1.807) is 0 Å². The molecular weight excluding hydrogens is 264 g/mol. The standard InChI is InChI=1S/C17H26N2O2/c1-2-3-4-10-21-12-17(20)19-16-7-5-6-13-11-14(18)8-9-15(13)16/h8-9,11,16H,2-7,10,12,18H2,1H3,(H,19,20). The third kappa shape index (κ3) is 4.74.